The first-order valence-corrected chi connectivity index (χ1v) is 13.5. The standard InChI is InChI=1S/C30H24N4O5.C2HF3O2/c1-33(29(36)37)28-31-25-15-14-20(16-26(25)32-28)30(38)24-13-6-5-12-23(24)27(35)34(30)21-10-7-11-22(17-21)39-18-19-8-3-2-4-9-19;3-2(4,5)1(6)7/h2-17,38H,18H2,1H3,(H,31,32)(H,36,37);(H,6,7). The fraction of sp³-hybridized carbons (Fsp3) is 0.125. The lowest BCUT2D eigenvalue weighted by Gasteiger charge is -2.35. The van der Waals surface area contributed by atoms with E-state index < -0.39 is 24.0 Å². The summed E-state index contributed by atoms with van der Waals surface area (Å²) in [5.74, 6) is -2.43. The molecule has 2 heterocycles. The van der Waals surface area contributed by atoms with Gasteiger partial charge in [0.05, 0.1) is 16.7 Å². The Balaban J connectivity index is 0.000000537. The highest BCUT2D eigenvalue weighted by Gasteiger charge is 2.51. The van der Waals surface area contributed by atoms with Crippen molar-refractivity contribution in [1.82, 2.24) is 9.97 Å². The molecule has 0 aliphatic carbocycles. The molecular weight excluding hydrogens is 609 g/mol. The topological polar surface area (TPSA) is 156 Å². The van der Waals surface area contributed by atoms with Crippen LogP contribution in [0.3, 0.4) is 0 Å². The second kappa shape index (κ2) is 12.2. The van der Waals surface area contributed by atoms with Gasteiger partial charge in [-0.05, 0) is 35.9 Å². The monoisotopic (exact) mass is 634 g/mol. The number of aliphatic hydroxyl groups is 1. The Hall–Kier alpha value is -5.89. The number of hydrogen-bond acceptors (Lipinski definition) is 6. The molecule has 11 nitrogen and oxygen atoms in total. The van der Waals surface area contributed by atoms with Gasteiger partial charge in [0.2, 0.25) is 5.95 Å². The highest BCUT2D eigenvalue weighted by molar-refractivity contribution is 6.12. The summed E-state index contributed by atoms with van der Waals surface area (Å²) in [7, 11) is 1.38. The lowest BCUT2D eigenvalue weighted by molar-refractivity contribution is -0.192. The summed E-state index contributed by atoms with van der Waals surface area (Å²) < 4.78 is 37.7. The van der Waals surface area contributed by atoms with Crippen molar-refractivity contribution in [3.05, 3.63) is 119 Å². The number of H-pyrrole nitrogens is 1. The summed E-state index contributed by atoms with van der Waals surface area (Å²) in [5, 5.41) is 28.8. The summed E-state index contributed by atoms with van der Waals surface area (Å²) in [6.07, 6.45) is -6.25. The van der Waals surface area contributed by atoms with Crippen molar-refractivity contribution in [2.24, 2.45) is 0 Å². The van der Waals surface area contributed by atoms with Crippen LogP contribution in [-0.2, 0) is 17.1 Å². The van der Waals surface area contributed by atoms with Crippen LogP contribution in [0.1, 0.15) is 27.0 Å². The molecule has 0 saturated carbocycles. The number of rotatable bonds is 6. The van der Waals surface area contributed by atoms with Crippen molar-refractivity contribution in [3.8, 4) is 5.75 Å². The number of carboxylic acids is 1. The summed E-state index contributed by atoms with van der Waals surface area (Å²) in [4.78, 5) is 43.7. The van der Waals surface area contributed by atoms with Crippen LogP contribution < -0.4 is 14.5 Å². The Bertz CT molecular complexity index is 1930. The molecule has 0 saturated heterocycles. The zero-order chi connectivity index (χ0) is 33.2. The Morgan fingerprint density at radius 2 is 1.63 bits per heavy atom. The highest BCUT2D eigenvalue weighted by atomic mass is 19.4. The van der Waals surface area contributed by atoms with Gasteiger partial charge in [-0.3, -0.25) is 14.6 Å². The number of imidazole rings is 1. The van der Waals surface area contributed by atoms with Crippen molar-refractivity contribution in [2.75, 3.05) is 16.8 Å². The lowest BCUT2D eigenvalue weighted by Crippen LogP contribution is -2.45. The van der Waals surface area contributed by atoms with Gasteiger partial charge in [0.1, 0.15) is 12.4 Å². The molecule has 236 valence electrons. The number of nitrogens with zero attached hydrogens (tertiary/aromatic N) is 3. The fourth-order valence-electron chi connectivity index (χ4n) is 4.86. The maximum Gasteiger partial charge on any atom is 0.490 e. The minimum Gasteiger partial charge on any atom is -0.489 e. The SMILES string of the molecule is CN(C(=O)O)c1nc2cc(C3(O)c4ccccc4C(=O)N3c3cccc(OCc4ccccc4)c3)ccc2[nH]1.O=C(O)C(F)(F)F. The summed E-state index contributed by atoms with van der Waals surface area (Å²) in [6.45, 7) is 0.353. The molecule has 1 atom stereocenters. The average Bonchev–Trinajstić information content (AvgIpc) is 3.57. The van der Waals surface area contributed by atoms with Crippen molar-refractivity contribution in [1.29, 1.82) is 0 Å². The maximum atomic E-state index is 13.7. The molecule has 2 amide bonds. The Kier molecular flexibility index (Phi) is 8.39. The van der Waals surface area contributed by atoms with Gasteiger partial charge in [0.15, 0.2) is 5.72 Å². The molecule has 0 radical (unpaired) electrons. The van der Waals surface area contributed by atoms with Crippen LogP contribution in [0, 0.1) is 0 Å². The molecule has 4 aromatic carbocycles. The highest BCUT2D eigenvalue weighted by Crippen LogP contribution is 2.46. The fourth-order valence-corrected chi connectivity index (χ4v) is 4.86. The van der Waals surface area contributed by atoms with Gasteiger partial charge in [-0.15, -0.1) is 0 Å². The number of benzene rings is 4. The number of aliphatic carboxylic acids is 1. The maximum absolute atomic E-state index is 13.7. The smallest absolute Gasteiger partial charge is 0.489 e. The number of carboxylic acid groups (broad SMARTS) is 2. The number of ether oxygens (including phenoxy) is 1. The molecule has 46 heavy (non-hydrogen) atoms. The number of hydrogen-bond donors (Lipinski definition) is 4. The zero-order valence-corrected chi connectivity index (χ0v) is 23.9. The quantitative estimate of drug-likeness (QED) is 0.184. The summed E-state index contributed by atoms with van der Waals surface area (Å²) >= 11 is 0. The molecular formula is C32H25F3N4O7. The van der Waals surface area contributed by atoms with E-state index in [1.165, 1.54) is 11.9 Å². The molecule has 4 N–H and O–H groups in total. The zero-order valence-electron chi connectivity index (χ0n) is 23.9. The largest absolute Gasteiger partial charge is 0.490 e. The van der Waals surface area contributed by atoms with Crippen molar-refractivity contribution >= 4 is 40.6 Å². The van der Waals surface area contributed by atoms with E-state index in [0.717, 1.165) is 10.5 Å². The van der Waals surface area contributed by atoms with Gasteiger partial charge >= 0.3 is 18.2 Å². The third kappa shape index (κ3) is 6.05. The van der Waals surface area contributed by atoms with E-state index >= 15 is 0 Å². The van der Waals surface area contributed by atoms with Crippen molar-refractivity contribution in [2.45, 2.75) is 18.5 Å². The van der Waals surface area contributed by atoms with Crippen LogP contribution in [0.2, 0.25) is 0 Å². The van der Waals surface area contributed by atoms with Gasteiger partial charge < -0.3 is 25.0 Å². The van der Waals surface area contributed by atoms with E-state index in [2.05, 4.69) is 9.97 Å². The molecule has 14 heteroatoms. The van der Waals surface area contributed by atoms with E-state index in [1.807, 2.05) is 30.3 Å². The van der Waals surface area contributed by atoms with Gasteiger partial charge in [0, 0.05) is 29.8 Å². The van der Waals surface area contributed by atoms with Gasteiger partial charge in [-0.2, -0.15) is 13.2 Å². The average molecular weight is 635 g/mol. The molecule has 0 bridgehead atoms. The second-order valence-corrected chi connectivity index (χ2v) is 10.1. The summed E-state index contributed by atoms with van der Waals surface area (Å²) in [6, 6.07) is 28.8. The number of alkyl halides is 3. The molecule has 6 rings (SSSR count). The van der Waals surface area contributed by atoms with Crippen LogP contribution in [0.15, 0.2) is 97.1 Å². The van der Waals surface area contributed by atoms with Gasteiger partial charge in [-0.1, -0.05) is 60.7 Å². The predicted octanol–water partition coefficient (Wildman–Crippen LogP) is 5.74. The molecule has 5 aromatic rings. The van der Waals surface area contributed by atoms with E-state index in [0.29, 0.717) is 45.8 Å². The molecule has 0 spiro atoms. The summed E-state index contributed by atoms with van der Waals surface area (Å²) in [5.41, 5.74) is 1.86. The molecule has 0 fully saturated rings. The normalized spacial score (nSPS) is 15.6. The van der Waals surface area contributed by atoms with Gasteiger partial charge in [-0.25, -0.2) is 14.6 Å². The van der Waals surface area contributed by atoms with Crippen molar-refractivity contribution < 1.29 is 47.6 Å². The van der Waals surface area contributed by atoms with Crippen LogP contribution in [0.25, 0.3) is 11.0 Å². The van der Waals surface area contributed by atoms with Crippen LogP contribution in [-0.4, -0.2) is 56.5 Å². The van der Waals surface area contributed by atoms with Crippen LogP contribution >= 0.6 is 0 Å². The van der Waals surface area contributed by atoms with E-state index in [1.54, 1.807) is 66.7 Å². The number of carbonyl (C=O) groups is 3. The molecule has 1 aliphatic heterocycles. The predicted molar refractivity (Wildman–Crippen MR) is 160 cm³/mol. The van der Waals surface area contributed by atoms with Crippen LogP contribution in [0.4, 0.5) is 29.6 Å². The second-order valence-electron chi connectivity index (χ2n) is 10.1. The van der Waals surface area contributed by atoms with Gasteiger partial charge in [0.25, 0.3) is 5.91 Å². The number of aromatic nitrogens is 2. The minimum atomic E-state index is -5.08. The van der Waals surface area contributed by atoms with Crippen LogP contribution in [0.5, 0.6) is 5.75 Å². The minimum absolute atomic E-state index is 0.143. The first-order valence-electron chi connectivity index (χ1n) is 13.5. The van der Waals surface area contributed by atoms with E-state index in [9.17, 15) is 33.0 Å². The number of nitrogens with one attached hydrogen (secondary N) is 1. The number of carbonyl (C=O) groups excluding carboxylic acids is 1. The lowest BCUT2D eigenvalue weighted by atomic mass is 9.93. The Labute approximate surface area is 258 Å². The third-order valence-corrected chi connectivity index (χ3v) is 7.10. The van der Waals surface area contributed by atoms with Crippen molar-refractivity contribution in [3.63, 3.8) is 0 Å². The molecule has 1 aliphatic rings. The Morgan fingerprint density at radius 1 is 0.957 bits per heavy atom. The number of amides is 2. The van der Waals surface area contributed by atoms with E-state index in [-0.39, 0.29) is 11.9 Å². The number of anilines is 2. The first kappa shape index (κ1) is 31.5. The first-order chi connectivity index (χ1) is 21.8. The number of halogens is 3. The third-order valence-electron chi connectivity index (χ3n) is 7.10. The Morgan fingerprint density at radius 3 is 2.30 bits per heavy atom. The van der Waals surface area contributed by atoms with E-state index in [4.69, 9.17) is 14.6 Å². The number of fused-ring (bicyclic) bond motifs is 2. The molecule has 1 unspecified atom stereocenters. The number of aromatic amines is 1. The molecule has 1 aromatic heterocycles.